The standard InChI is InChI=1S/C28H35N3O5/c1-28(2,3)36-27(34)31-14-11-21-9-10-22(17-23(21)18-31)25(32)30-15-12-24(13-16-30)29-26(33)35-19-20-7-5-4-6-8-20/h4-10,17,24H,11-16,18-19H2,1-3H3,(H,29,33). The lowest BCUT2D eigenvalue weighted by molar-refractivity contribution is 0.0224. The maximum absolute atomic E-state index is 13.2. The second-order valence-corrected chi connectivity index (χ2v) is 10.4. The number of hydrogen-bond donors (Lipinski definition) is 1. The van der Waals surface area contributed by atoms with Gasteiger partial charge in [0, 0.05) is 37.8 Å². The van der Waals surface area contributed by atoms with Crippen LogP contribution in [-0.4, -0.2) is 59.2 Å². The highest BCUT2D eigenvalue weighted by atomic mass is 16.6. The average Bonchev–Trinajstić information content (AvgIpc) is 2.86. The fourth-order valence-electron chi connectivity index (χ4n) is 4.51. The summed E-state index contributed by atoms with van der Waals surface area (Å²) in [5, 5.41) is 2.91. The number of alkyl carbamates (subject to hydrolysis) is 1. The van der Waals surface area contributed by atoms with E-state index in [0.717, 1.165) is 23.1 Å². The van der Waals surface area contributed by atoms with Gasteiger partial charge in [0.25, 0.3) is 5.91 Å². The van der Waals surface area contributed by atoms with E-state index < -0.39 is 11.7 Å². The number of fused-ring (bicyclic) bond motifs is 1. The highest BCUT2D eigenvalue weighted by molar-refractivity contribution is 5.94. The normalized spacial score (nSPS) is 16.2. The van der Waals surface area contributed by atoms with Crippen LogP contribution in [0.15, 0.2) is 48.5 Å². The molecule has 2 aromatic carbocycles. The third-order valence-corrected chi connectivity index (χ3v) is 6.43. The molecule has 0 radical (unpaired) electrons. The molecule has 1 fully saturated rings. The highest BCUT2D eigenvalue weighted by Gasteiger charge is 2.28. The number of nitrogens with zero attached hydrogens (tertiary/aromatic N) is 2. The van der Waals surface area contributed by atoms with E-state index in [9.17, 15) is 14.4 Å². The molecule has 0 saturated carbocycles. The lowest BCUT2D eigenvalue weighted by Crippen LogP contribution is -2.46. The SMILES string of the molecule is CC(C)(C)OC(=O)N1CCc2ccc(C(=O)N3CCC(NC(=O)OCc4ccccc4)CC3)cc2C1. The Morgan fingerprint density at radius 1 is 0.944 bits per heavy atom. The predicted molar refractivity (Wildman–Crippen MR) is 135 cm³/mol. The Morgan fingerprint density at radius 2 is 1.67 bits per heavy atom. The van der Waals surface area contributed by atoms with Gasteiger partial charge in [0.2, 0.25) is 0 Å². The van der Waals surface area contributed by atoms with Crippen LogP contribution in [0.1, 0.15) is 60.7 Å². The molecular formula is C28H35N3O5. The van der Waals surface area contributed by atoms with Crippen molar-refractivity contribution in [3.63, 3.8) is 0 Å². The van der Waals surface area contributed by atoms with Crippen LogP contribution in [-0.2, 0) is 29.0 Å². The van der Waals surface area contributed by atoms with Crippen LogP contribution < -0.4 is 5.32 Å². The van der Waals surface area contributed by atoms with Crippen molar-refractivity contribution in [1.29, 1.82) is 0 Å². The van der Waals surface area contributed by atoms with Crippen molar-refractivity contribution in [2.24, 2.45) is 0 Å². The van der Waals surface area contributed by atoms with Crippen LogP contribution in [0.25, 0.3) is 0 Å². The summed E-state index contributed by atoms with van der Waals surface area (Å²) in [5.74, 6) is -0.0303. The molecule has 0 aromatic heterocycles. The monoisotopic (exact) mass is 493 g/mol. The Balaban J connectivity index is 1.27. The van der Waals surface area contributed by atoms with Crippen LogP contribution in [0.4, 0.5) is 9.59 Å². The minimum atomic E-state index is -0.547. The van der Waals surface area contributed by atoms with E-state index >= 15 is 0 Å². The third kappa shape index (κ3) is 6.77. The zero-order valence-corrected chi connectivity index (χ0v) is 21.3. The molecule has 8 heteroatoms. The summed E-state index contributed by atoms with van der Waals surface area (Å²) in [6, 6.07) is 15.3. The van der Waals surface area contributed by atoms with Crippen molar-refractivity contribution in [2.75, 3.05) is 19.6 Å². The number of carbonyl (C=O) groups is 3. The zero-order valence-electron chi connectivity index (χ0n) is 21.3. The number of benzene rings is 2. The van der Waals surface area contributed by atoms with Crippen LogP contribution in [0.2, 0.25) is 0 Å². The smallest absolute Gasteiger partial charge is 0.410 e. The molecule has 2 aromatic rings. The molecule has 4 rings (SSSR count). The fraction of sp³-hybridized carbons (Fsp3) is 0.464. The maximum atomic E-state index is 13.2. The first-order valence-corrected chi connectivity index (χ1v) is 12.5. The van der Waals surface area contributed by atoms with Crippen molar-refractivity contribution in [3.8, 4) is 0 Å². The Labute approximate surface area is 212 Å². The lowest BCUT2D eigenvalue weighted by atomic mass is 9.96. The van der Waals surface area contributed by atoms with Crippen molar-refractivity contribution in [1.82, 2.24) is 15.1 Å². The van der Waals surface area contributed by atoms with Crippen LogP contribution in [0, 0.1) is 0 Å². The van der Waals surface area contributed by atoms with E-state index in [4.69, 9.17) is 9.47 Å². The summed E-state index contributed by atoms with van der Waals surface area (Å²) < 4.78 is 10.8. The van der Waals surface area contributed by atoms with E-state index in [0.29, 0.717) is 44.6 Å². The second kappa shape index (κ2) is 11.0. The van der Waals surface area contributed by atoms with Crippen LogP contribution in [0.3, 0.4) is 0 Å². The van der Waals surface area contributed by atoms with Gasteiger partial charge in [0.15, 0.2) is 0 Å². The molecule has 192 valence electrons. The average molecular weight is 494 g/mol. The summed E-state index contributed by atoms with van der Waals surface area (Å²) >= 11 is 0. The third-order valence-electron chi connectivity index (χ3n) is 6.43. The number of hydrogen-bond acceptors (Lipinski definition) is 5. The van der Waals surface area contributed by atoms with Gasteiger partial charge in [0.1, 0.15) is 12.2 Å². The van der Waals surface area contributed by atoms with E-state index in [1.807, 2.05) is 74.2 Å². The number of nitrogens with one attached hydrogen (secondary N) is 1. The molecule has 0 atom stereocenters. The molecule has 2 aliphatic heterocycles. The molecule has 3 amide bonds. The number of piperidine rings is 1. The number of amides is 3. The first-order chi connectivity index (χ1) is 17.2. The summed E-state index contributed by atoms with van der Waals surface area (Å²) in [7, 11) is 0. The van der Waals surface area contributed by atoms with Crippen molar-refractivity contribution < 1.29 is 23.9 Å². The van der Waals surface area contributed by atoms with Gasteiger partial charge in [-0.2, -0.15) is 0 Å². The summed E-state index contributed by atoms with van der Waals surface area (Å²) in [5.41, 5.74) is 3.15. The van der Waals surface area contributed by atoms with E-state index in [1.54, 1.807) is 4.90 Å². The quantitative estimate of drug-likeness (QED) is 0.677. The van der Waals surface area contributed by atoms with Crippen molar-refractivity contribution >= 4 is 18.1 Å². The number of ether oxygens (including phenoxy) is 2. The van der Waals surface area contributed by atoms with Gasteiger partial charge in [-0.3, -0.25) is 4.79 Å². The van der Waals surface area contributed by atoms with Gasteiger partial charge in [-0.25, -0.2) is 9.59 Å². The van der Waals surface area contributed by atoms with E-state index in [1.165, 1.54) is 0 Å². The molecule has 36 heavy (non-hydrogen) atoms. The van der Waals surface area contributed by atoms with Crippen LogP contribution in [0.5, 0.6) is 0 Å². The molecule has 0 unspecified atom stereocenters. The minimum Gasteiger partial charge on any atom is -0.445 e. The molecule has 0 aliphatic carbocycles. The summed E-state index contributed by atoms with van der Waals surface area (Å²) in [6.07, 6.45) is 1.31. The Morgan fingerprint density at radius 3 is 2.36 bits per heavy atom. The van der Waals surface area contributed by atoms with Crippen LogP contribution >= 0.6 is 0 Å². The van der Waals surface area contributed by atoms with Gasteiger partial charge in [-0.05, 0) is 68.9 Å². The van der Waals surface area contributed by atoms with E-state index in [-0.39, 0.29) is 24.6 Å². The van der Waals surface area contributed by atoms with Crippen molar-refractivity contribution in [3.05, 3.63) is 70.8 Å². The van der Waals surface area contributed by atoms with Gasteiger partial charge in [-0.1, -0.05) is 36.4 Å². The molecule has 2 aliphatic rings. The number of rotatable bonds is 4. The van der Waals surface area contributed by atoms with Gasteiger partial charge in [-0.15, -0.1) is 0 Å². The van der Waals surface area contributed by atoms with Crippen molar-refractivity contribution in [2.45, 2.75) is 64.8 Å². The Bertz CT molecular complexity index is 1090. The number of carbonyl (C=O) groups excluding carboxylic acids is 3. The first-order valence-electron chi connectivity index (χ1n) is 12.5. The summed E-state index contributed by atoms with van der Waals surface area (Å²) in [6.45, 7) is 7.94. The minimum absolute atomic E-state index is 0.0248. The number of likely N-dealkylation sites (tertiary alicyclic amines) is 1. The second-order valence-electron chi connectivity index (χ2n) is 10.4. The Kier molecular flexibility index (Phi) is 7.82. The molecule has 2 heterocycles. The topological polar surface area (TPSA) is 88.2 Å². The Hall–Kier alpha value is -3.55. The molecule has 1 saturated heterocycles. The molecule has 8 nitrogen and oxygen atoms in total. The molecule has 0 bridgehead atoms. The maximum Gasteiger partial charge on any atom is 0.410 e. The van der Waals surface area contributed by atoms with Gasteiger partial charge >= 0.3 is 12.2 Å². The molecule has 1 N–H and O–H groups in total. The van der Waals surface area contributed by atoms with Gasteiger partial charge in [0.05, 0.1) is 0 Å². The van der Waals surface area contributed by atoms with Gasteiger partial charge < -0.3 is 24.6 Å². The van der Waals surface area contributed by atoms with E-state index in [2.05, 4.69) is 5.32 Å². The predicted octanol–water partition coefficient (Wildman–Crippen LogP) is 4.51. The zero-order chi connectivity index (χ0) is 25.7. The lowest BCUT2D eigenvalue weighted by Gasteiger charge is -2.33. The summed E-state index contributed by atoms with van der Waals surface area (Å²) in [4.78, 5) is 41.4. The molecule has 0 spiro atoms. The first kappa shape index (κ1) is 25.5. The molecular weight excluding hydrogens is 458 g/mol. The fourth-order valence-corrected chi connectivity index (χ4v) is 4.51. The largest absolute Gasteiger partial charge is 0.445 e. The highest BCUT2D eigenvalue weighted by Crippen LogP contribution is 2.24.